The molecule has 7 nitrogen and oxygen atoms in total. The molecule has 0 saturated carbocycles. The molecule has 0 aliphatic carbocycles. The number of carboxylic acid groups (broad SMARTS) is 1. The highest BCUT2D eigenvalue weighted by Crippen LogP contribution is 2.12. The minimum absolute atomic E-state index is 0.0518. The third kappa shape index (κ3) is 4.54. The molecule has 0 bridgehead atoms. The smallest absolute Gasteiger partial charge is 0.358 e. The Morgan fingerprint density at radius 1 is 1.29 bits per heavy atom. The summed E-state index contributed by atoms with van der Waals surface area (Å²) in [6.45, 7) is 0.0518. The lowest BCUT2D eigenvalue weighted by atomic mass is 10.2. The van der Waals surface area contributed by atoms with E-state index in [1.807, 2.05) is 0 Å². The van der Waals surface area contributed by atoms with E-state index in [1.165, 1.54) is 10.9 Å². The van der Waals surface area contributed by atoms with Gasteiger partial charge in [-0.3, -0.25) is 4.68 Å². The van der Waals surface area contributed by atoms with Crippen LogP contribution >= 0.6 is 11.6 Å². The topological polar surface area (TPSA) is 102 Å². The summed E-state index contributed by atoms with van der Waals surface area (Å²) < 4.78 is 25.2. The zero-order valence-corrected chi connectivity index (χ0v) is 12.4. The zero-order valence-electron chi connectivity index (χ0n) is 10.8. The number of carbonyl (C=O) groups is 1. The van der Waals surface area contributed by atoms with E-state index >= 15 is 0 Å². The molecule has 2 rings (SSSR count). The number of carboxylic acids is 1. The van der Waals surface area contributed by atoms with E-state index in [2.05, 4.69) is 10.3 Å². The summed E-state index contributed by atoms with van der Waals surface area (Å²) in [7, 11) is -3.34. The fraction of sp³-hybridized carbons (Fsp3) is 0.250. The Kier molecular flexibility index (Phi) is 4.59. The monoisotopic (exact) mass is 329 g/mol. The summed E-state index contributed by atoms with van der Waals surface area (Å²) in [4.78, 5) is 10.6. The van der Waals surface area contributed by atoms with Gasteiger partial charge in [0.2, 0.25) is 0 Å². The summed E-state index contributed by atoms with van der Waals surface area (Å²) in [6.07, 6.45) is 1.19. The minimum Gasteiger partial charge on any atom is -0.476 e. The quantitative estimate of drug-likeness (QED) is 0.855. The van der Waals surface area contributed by atoms with E-state index in [9.17, 15) is 13.2 Å². The van der Waals surface area contributed by atoms with Gasteiger partial charge in [0.05, 0.1) is 24.2 Å². The SMILES string of the molecule is O=C(O)c1cn(CCS(=O)(=O)Cc2ccc(Cl)cc2)nn1. The standard InChI is InChI=1S/C12H12ClN3O4S/c13-10-3-1-9(2-4-10)8-21(19,20)6-5-16-7-11(12(17)18)14-15-16/h1-4,7H,5-6,8H2,(H,17,18). The van der Waals surface area contributed by atoms with E-state index < -0.39 is 15.8 Å². The molecule has 0 fully saturated rings. The summed E-state index contributed by atoms with van der Waals surface area (Å²) in [5.74, 6) is -1.46. The van der Waals surface area contributed by atoms with E-state index in [-0.39, 0.29) is 23.7 Å². The molecule has 0 radical (unpaired) electrons. The van der Waals surface area contributed by atoms with E-state index in [1.54, 1.807) is 24.3 Å². The molecule has 0 amide bonds. The first kappa shape index (κ1) is 15.5. The van der Waals surface area contributed by atoms with Gasteiger partial charge in [0.25, 0.3) is 0 Å². The second kappa shape index (κ2) is 6.23. The zero-order chi connectivity index (χ0) is 15.5. The molecular weight excluding hydrogens is 318 g/mol. The normalized spacial score (nSPS) is 11.5. The molecule has 0 spiro atoms. The Morgan fingerprint density at radius 3 is 2.52 bits per heavy atom. The van der Waals surface area contributed by atoms with Crippen LogP contribution in [0, 0.1) is 0 Å². The number of rotatable bonds is 6. The van der Waals surface area contributed by atoms with Crippen molar-refractivity contribution >= 4 is 27.4 Å². The molecule has 0 aliphatic rings. The second-order valence-electron chi connectivity index (χ2n) is 4.39. The second-order valence-corrected chi connectivity index (χ2v) is 7.01. The molecule has 1 aromatic carbocycles. The van der Waals surface area contributed by atoms with Crippen LogP contribution in [0.2, 0.25) is 5.02 Å². The van der Waals surface area contributed by atoms with Crippen LogP contribution < -0.4 is 0 Å². The van der Waals surface area contributed by atoms with Gasteiger partial charge < -0.3 is 5.11 Å². The van der Waals surface area contributed by atoms with Gasteiger partial charge in [-0.05, 0) is 17.7 Å². The molecule has 1 aromatic heterocycles. The van der Waals surface area contributed by atoms with Crippen LogP contribution in [-0.4, -0.2) is 40.2 Å². The number of nitrogens with zero attached hydrogens (tertiary/aromatic N) is 3. The van der Waals surface area contributed by atoms with Gasteiger partial charge in [-0.1, -0.05) is 28.9 Å². The predicted molar refractivity (Wildman–Crippen MR) is 75.9 cm³/mol. The lowest BCUT2D eigenvalue weighted by Crippen LogP contribution is -2.15. The Morgan fingerprint density at radius 2 is 1.95 bits per heavy atom. The average Bonchev–Trinajstić information content (AvgIpc) is 2.88. The molecule has 0 atom stereocenters. The van der Waals surface area contributed by atoms with Crippen LogP contribution in [-0.2, 0) is 22.1 Å². The number of hydrogen-bond acceptors (Lipinski definition) is 5. The molecular formula is C12H12ClN3O4S. The van der Waals surface area contributed by atoms with Crippen molar-refractivity contribution in [3.05, 3.63) is 46.7 Å². The maximum Gasteiger partial charge on any atom is 0.358 e. The summed E-state index contributed by atoms with van der Waals surface area (Å²) in [5, 5.41) is 16.2. The number of hydrogen-bond donors (Lipinski definition) is 1. The Bertz CT molecular complexity index is 740. The van der Waals surface area contributed by atoms with Crippen molar-refractivity contribution in [1.29, 1.82) is 0 Å². The number of sulfone groups is 1. The summed E-state index contributed by atoms with van der Waals surface area (Å²) in [6, 6.07) is 6.56. The van der Waals surface area contributed by atoms with Gasteiger partial charge in [-0.15, -0.1) is 5.10 Å². The fourth-order valence-electron chi connectivity index (χ4n) is 1.65. The van der Waals surface area contributed by atoms with Gasteiger partial charge in [-0.25, -0.2) is 13.2 Å². The minimum atomic E-state index is -3.34. The molecule has 9 heteroatoms. The molecule has 0 aliphatic heterocycles. The van der Waals surface area contributed by atoms with Crippen molar-refractivity contribution in [2.75, 3.05) is 5.75 Å². The highest BCUT2D eigenvalue weighted by atomic mass is 35.5. The molecule has 0 unspecified atom stereocenters. The number of aromatic carboxylic acids is 1. The van der Waals surface area contributed by atoms with Crippen molar-refractivity contribution in [2.24, 2.45) is 0 Å². The van der Waals surface area contributed by atoms with Crippen molar-refractivity contribution in [3.63, 3.8) is 0 Å². The lowest BCUT2D eigenvalue weighted by molar-refractivity contribution is 0.0690. The molecule has 1 N–H and O–H groups in total. The number of aromatic nitrogens is 3. The molecule has 0 saturated heterocycles. The first-order chi connectivity index (χ1) is 9.85. The van der Waals surface area contributed by atoms with Crippen LogP contribution in [0.5, 0.6) is 0 Å². The van der Waals surface area contributed by atoms with Crippen LogP contribution in [0.1, 0.15) is 16.1 Å². The van der Waals surface area contributed by atoms with Crippen LogP contribution in [0.15, 0.2) is 30.5 Å². The van der Waals surface area contributed by atoms with Gasteiger partial charge in [0, 0.05) is 5.02 Å². The van der Waals surface area contributed by atoms with Crippen LogP contribution in [0.25, 0.3) is 0 Å². The number of aryl methyl sites for hydroxylation is 1. The number of halogens is 1. The highest BCUT2D eigenvalue weighted by Gasteiger charge is 2.14. The van der Waals surface area contributed by atoms with Crippen molar-refractivity contribution in [3.8, 4) is 0 Å². The van der Waals surface area contributed by atoms with Crippen molar-refractivity contribution < 1.29 is 18.3 Å². The lowest BCUT2D eigenvalue weighted by Gasteiger charge is -2.04. The first-order valence-corrected chi connectivity index (χ1v) is 8.14. The molecule has 1 heterocycles. The van der Waals surface area contributed by atoms with E-state index in [0.29, 0.717) is 10.6 Å². The van der Waals surface area contributed by atoms with Crippen molar-refractivity contribution in [1.82, 2.24) is 15.0 Å². The van der Waals surface area contributed by atoms with Gasteiger partial charge >= 0.3 is 5.97 Å². The molecule has 2 aromatic rings. The molecule has 112 valence electrons. The largest absolute Gasteiger partial charge is 0.476 e. The third-order valence-electron chi connectivity index (χ3n) is 2.69. The maximum atomic E-state index is 12.0. The maximum absolute atomic E-state index is 12.0. The highest BCUT2D eigenvalue weighted by molar-refractivity contribution is 7.90. The Balaban J connectivity index is 1.97. The average molecular weight is 330 g/mol. The fourth-order valence-corrected chi connectivity index (χ4v) is 3.08. The predicted octanol–water partition coefficient (Wildman–Crippen LogP) is 1.24. The van der Waals surface area contributed by atoms with Crippen LogP contribution in [0.4, 0.5) is 0 Å². The first-order valence-electron chi connectivity index (χ1n) is 5.94. The Labute approximate surface area is 126 Å². The van der Waals surface area contributed by atoms with Gasteiger partial charge in [0.1, 0.15) is 0 Å². The number of benzene rings is 1. The van der Waals surface area contributed by atoms with E-state index in [0.717, 1.165) is 0 Å². The Hall–Kier alpha value is -1.93. The summed E-state index contributed by atoms with van der Waals surface area (Å²) >= 11 is 5.74. The third-order valence-corrected chi connectivity index (χ3v) is 4.52. The van der Waals surface area contributed by atoms with Crippen molar-refractivity contribution in [2.45, 2.75) is 12.3 Å². The summed E-state index contributed by atoms with van der Waals surface area (Å²) in [5.41, 5.74) is 0.425. The van der Waals surface area contributed by atoms with Crippen LogP contribution in [0.3, 0.4) is 0 Å². The van der Waals surface area contributed by atoms with Gasteiger partial charge in [0.15, 0.2) is 15.5 Å². The van der Waals surface area contributed by atoms with E-state index in [4.69, 9.17) is 16.7 Å². The molecule has 21 heavy (non-hydrogen) atoms. The van der Waals surface area contributed by atoms with Gasteiger partial charge in [-0.2, -0.15) is 0 Å².